The zero-order chi connectivity index (χ0) is 23.3. The van der Waals surface area contributed by atoms with Gasteiger partial charge in [0.05, 0.1) is 11.3 Å². The molecule has 32 heavy (non-hydrogen) atoms. The van der Waals surface area contributed by atoms with Crippen molar-refractivity contribution in [1.29, 1.82) is 0 Å². The van der Waals surface area contributed by atoms with Crippen LogP contribution in [0.4, 0.5) is 5.69 Å². The van der Waals surface area contributed by atoms with Crippen molar-refractivity contribution in [2.24, 2.45) is 5.73 Å². The summed E-state index contributed by atoms with van der Waals surface area (Å²) in [7, 11) is 0. The lowest BCUT2D eigenvalue weighted by Crippen LogP contribution is -2.45. The second-order valence-corrected chi connectivity index (χ2v) is 7.95. The number of nitrogens with two attached hydrogens (primary N) is 1. The number of fused-ring (bicyclic) bond motifs is 1. The van der Waals surface area contributed by atoms with Gasteiger partial charge in [0.25, 0.3) is 5.91 Å². The summed E-state index contributed by atoms with van der Waals surface area (Å²) in [6.07, 6.45) is 1.56. The molecule has 0 aliphatic carbocycles. The lowest BCUT2D eigenvalue weighted by molar-refractivity contribution is -0.132. The quantitative estimate of drug-likeness (QED) is 0.681. The summed E-state index contributed by atoms with van der Waals surface area (Å²) < 4.78 is 5.53. The summed E-state index contributed by atoms with van der Waals surface area (Å²) in [6, 6.07) is 12.9. The van der Waals surface area contributed by atoms with E-state index in [1.807, 2.05) is 51.1 Å². The third kappa shape index (κ3) is 4.83. The molecule has 1 unspecified atom stereocenters. The minimum Gasteiger partial charge on any atom is -0.492 e. The van der Waals surface area contributed by atoms with Crippen molar-refractivity contribution in [1.82, 2.24) is 4.90 Å². The van der Waals surface area contributed by atoms with Gasteiger partial charge in [0.2, 0.25) is 11.8 Å². The SMILES string of the molecule is CCCC(=O)N1CC(=O)N(C(C)CC)c2ccc(-c3ccc(OCCN)cc3)cc2C1=O. The molecule has 1 atom stereocenters. The molecule has 1 aliphatic rings. The molecule has 0 bridgehead atoms. The van der Waals surface area contributed by atoms with E-state index in [1.165, 1.54) is 0 Å². The Bertz CT molecular complexity index is 987. The molecule has 2 aromatic rings. The van der Waals surface area contributed by atoms with E-state index in [0.29, 0.717) is 30.8 Å². The van der Waals surface area contributed by atoms with Gasteiger partial charge in [0, 0.05) is 19.0 Å². The molecule has 0 saturated heterocycles. The highest BCUT2D eigenvalue weighted by atomic mass is 16.5. The van der Waals surface area contributed by atoms with Crippen molar-refractivity contribution in [2.45, 2.75) is 46.1 Å². The molecule has 2 aromatic carbocycles. The van der Waals surface area contributed by atoms with Crippen LogP contribution in [-0.2, 0) is 9.59 Å². The third-order valence-electron chi connectivity index (χ3n) is 5.66. The van der Waals surface area contributed by atoms with E-state index < -0.39 is 5.91 Å². The zero-order valence-electron chi connectivity index (χ0n) is 19.0. The fourth-order valence-electron chi connectivity index (χ4n) is 3.80. The molecule has 1 heterocycles. The average Bonchev–Trinajstić information content (AvgIpc) is 2.91. The predicted octanol–water partition coefficient (Wildman–Crippen LogP) is 3.61. The van der Waals surface area contributed by atoms with Crippen LogP contribution in [0.25, 0.3) is 11.1 Å². The van der Waals surface area contributed by atoms with Gasteiger partial charge in [-0.25, -0.2) is 0 Å². The topological polar surface area (TPSA) is 92.9 Å². The number of amides is 3. The Hall–Kier alpha value is -3.19. The van der Waals surface area contributed by atoms with Gasteiger partial charge in [0.1, 0.15) is 18.9 Å². The second kappa shape index (κ2) is 10.4. The van der Waals surface area contributed by atoms with Crippen molar-refractivity contribution >= 4 is 23.4 Å². The monoisotopic (exact) mass is 437 g/mol. The third-order valence-corrected chi connectivity index (χ3v) is 5.66. The van der Waals surface area contributed by atoms with Gasteiger partial charge in [-0.2, -0.15) is 0 Å². The zero-order valence-corrected chi connectivity index (χ0v) is 19.0. The lowest BCUT2D eigenvalue weighted by Gasteiger charge is -2.28. The van der Waals surface area contributed by atoms with Crippen LogP contribution in [0.3, 0.4) is 0 Å². The first-order valence-corrected chi connectivity index (χ1v) is 11.1. The minimum atomic E-state index is -0.428. The van der Waals surface area contributed by atoms with E-state index in [1.54, 1.807) is 17.0 Å². The van der Waals surface area contributed by atoms with Crippen LogP contribution < -0.4 is 15.4 Å². The smallest absolute Gasteiger partial charge is 0.263 e. The summed E-state index contributed by atoms with van der Waals surface area (Å²) >= 11 is 0. The molecule has 7 heteroatoms. The molecule has 170 valence electrons. The Morgan fingerprint density at radius 3 is 2.41 bits per heavy atom. The number of nitrogens with zero attached hydrogens (tertiary/aromatic N) is 2. The molecule has 3 rings (SSSR count). The Morgan fingerprint density at radius 2 is 1.78 bits per heavy atom. The van der Waals surface area contributed by atoms with Crippen molar-refractivity contribution in [3.63, 3.8) is 0 Å². The van der Waals surface area contributed by atoms with Gasteiger partial charge in [-0.1, -0.05) is 32.0 Å². The minimum absolute atomic E-state index is 0.0971. The normalized spacial score (nSPS) is 14.8. The molecule has 0 saturated carbocycles. The van der Waals surface area contributed by atoms with Crippen molar-refractivity contribution in [2.75, 3.05) is 24.6 Å². The Kier molecular flexibility index (Phi) is 7.64. The number of imide groups is 1. The first kappa shape index (κ1) is 23.5. The van der Waals surface area contributed by atoms with Crippen LogP contribution in [0.2, 0.25) is 0 Å². The highest BCUT2D eigenvalue weighted by Crippen LogP contribution is 2.33. The van der Waals surface area contributed by atoms with Gasteiger partial charge in [-0.3, -0.25) is 19.3 Å². The van der Waals surface area contributed by atoms with Crippen LogP contribution in [0.15, 0.2) is 42.5 Å². The van der Waals surface area contributed by atoms with Gasteiger partial charge in [0.15, 0.2) is 0 Å². The fraction of sp³-hybridized carbons (Fsp3) is 0.400. The number of rotatable bonds is 8. The van der Waals surface area contributed by atoms with Crippen LogP contribution in [0.5, 0.6) is 5.75 Å². The summed E-state index contributed by atoms with van der Waals surface area (Å²) in [6.45, 7) is 6.46. The van der Waals surface area contributed by atoms with Gasteiger partial charge < -0.3 is 15.4 Å². The van der Waals surface area contributed by atoms with Crippen LogP contribution in [0.1, 0.15) is 50.4 Å². The van der Waals surface area contributed by atoms with Crippen molar-refractivity contribution in [3.05, 3.63) is 48.0 Å². The lowest BCUT2D eigenvalue weighted by atomic mass is 10.00. The maximum Gasteiger partial charge on any atom is 0.263 e. The van der Waals surface area contributed by atoms with Gasteiger partial charge >= 0.3 is 0 Å². The van der Waals surface area contributed by atoms with E-state index >= 15 is 0 Å². The number of hydrogen-bond acceptors (Lipinski definition) is 5. The highest BCUT2D eigenvalue weighted by Gasteiger charge is 2.36. The van der Waals surface area contributed by atoms with Gasteiger partial charge in [-0.05, 0) is 55.2 Å². The molecule has 7 nitrogen and oxygen atoms in total. The summed E-state index contributed by atoms with van der Waals surface area (Å²) in [5, 5.41) is 0. The first-order chi connectivity index (χ1) is 15.4. The molecular formula is C25H31N3O4. The Morgan fingerprint density at radius 1 is 1.09 bits per heavy atom. The number of carbonyl (C=O) groups excluding carboxylic acids is 3. The fourth-order valence-corrected chi connectivity index (χ4v) is 3.80. The van der Waals surface area contributed by atoms with E-state index in [9.17, 15) is 14.4 Å². The standard InChI is InChI=1S/C25H31N3O4/c1-4-6-23(29)27-16-24(30)28(17(3)5-2)22-12-9-19(15-21(22)25(27)31)18-7-10-20(11-8-18)32-14-13-26/h7-12,15,17H,4-6,13-14,16,26H2,1-3H3. The highest BCUT2D eigenvalue weighted by molar-refractivity contribution is 6.15. The summed E-state index contributed by atoms with van der Waals surface area (Å²) in [5.41, 5.74) is 8.11. The van der Waals surface area contributed by atoms with Crippen LogP contribution >= 0.6 is 0 Å². The van der Waals surface area contributed by atoms with Crippen LogP contribution in [-0.4, -0.2) is 48.4 Å². The summed E-state index contributed by atoms with van der Waals surface area (Å²) in [4.78, 5) is 41.9. The number of benzene rings is 2. The van der Waals surface area contributed by atoms with Crippen molar-refractivity contribution in [3.8, 4) is 16.9 Å². The maximum absolute atomic E-state index is 13.4. The Labute approximate surface area is 189 Å². The van der Waals surface area contributed by atoms with E-state index in [-0.39, 0.29) is 30.8 Å². The van der Waals surface area contributed by atoms with Crippen molar-refractivity contribution < 1.29 is 19.1 Å². The molecule has 0 fully saturated rings. The molecule has 2 N–H and O–H groups in total. The molecule has 0 spiro atoms. The molecule has 3 amide bonds. The number of ether oxygens (including phenoxy) is 1. The number of anilines is 1. The summed E-state index contributed by atoms with van der Waals surface area (Å²) in [5.74, 6) is -0.281. The van der Waals surface area contributed by atoms with E-state index in [0.717, 1.165) is 28.2 Å². The molecular weight excluding hydrogens is 406 g/mol. The molecule has 1 aliphatic heterocycles. The largest absolute Gasteiger partial charge is 0.492 e. The first-order valence-electron chi connectivity index (χ1n) is 11.1. The maximum atomic E-state index is 13.4. The molecule has 0 aromatic heterocycles. The average molecular weight is 438 g/mol. The number of carbonyl (C=O) groups is 3. The molecule has 0 radical (unpaired) electrons. The van der Waals surface area contributed by atoms with Crippen LogP contribution in [0, 0.1) is 0 Å². The predicted molar refractivity (Wildman–Crippen MR) is 125 cm³/mol. The van der Waals surface area contributed by atoms with Gasteiger partial charge in [-0.15, -0.1) is 0 Å². The van der Waals surface area contributed by atoms with E-state index in [4.69, 9.17) is 10.5 Å². The van der Waals surface area contributed by atoms with E-state index in [2.05, 4.69) is 0 Å². The Balaban J connectivity index is 2.05. The number of hydrogen-bond donors (Lipinski definition) is 1. The second-order valence-electron chi connectivity index (χ2n) is 7.95.